The molecule has 0 aromatic heterocycles. The summed E-state index contributed by atoms with van der Waals surface area (Å²) in [5.74, 6) is 0.975. The van der Waals surface area contributed by atoms with Gasteiger partial charge in [-0.05, 0) is 44.1 Å². The minimum Gasteiger partial charge on any atom is -0.396 e. The number of nitrogens with one attached hydrogen (secondary N) is 1. The Morgan fingerprint density at radius 1 is 1.14 bits per heavy atom. The van der Waals surface area contributed by atoms with Gasteiger partial charge in [0.05, 0.1) is 25.4 Å². The number of aliphatic hydroxyl groups is 2. The maximum Gasteiger partial charge on any atom is 0.0897 e. The monoisotopic (exact) mass is 301 g/mol. The number of hydrogen-bond donors (Lipinski definition) is 3. The fourth-order valence-corrected chi connectivity index (χ4v) is 3.40. The van der Waals surface area contributed by atoms with Crippen LogP contribution in [0, 0.1) is 11.8 Å². The third-order valence-electron chi connectivity index (χ3n) is 4.73. The first-order chi connectivity index (χ1) is 10.3. The molecular weight excluding hydrogens is 270 g/mol. The first kappa shape index (κ1) is 17.2. The lowest BCUT2D eigenvalue weighted by Crippen LogP contribution is -2.37. The predicted octanol–water partition coefficient (Wildman–Crippen LogP) is 0.931. The predicted molar refractivity (Wildman–Crippen MR) is 81.2 cm³/mol. The van der Waals surface area contributed by atoms with Gasteiger partial charge in [0.1, 0.15) is 0 Å². The van der Waals surface area contributed by atoms with Gasteiger partial charge >= 0.3 is 0 Å². The largest absolute Gasteiger partial charge is 0.396 e. The normalized spacial score (nSPS) is 31.4. The van der Waals surface area contributed by atoms with E-state index in [1.165, 1.54) is 19.3 Å². The van der Waals surface area contributed by atoms with Crippen molar-refractivity contribution in [1.82, 2.24) is 5.32 Å². The van der Waals surface area contributed by atoms with Gasteiger partial charge in [-0.25, -0.2) is 0 Å². The van der Waals surface area contributed by atoms with Crippen molar-refractivity contribution in [3.63, 3.8) is 0 Å². The third kappa shape index (κ3) is 6.20. The van der Waals surface area contributed by atoms with Crippen molar-refractivity contribution in [3.05, 3.63) is 0 Å². The lowest BCUT2D eigenvalue weighted by Gasteiger charge is -2.30. The minimum atomic E-state index is -0.470. The van der Waals surface area contributed by atoms with Gasteiger partial charge in [0, 0.05) is 19.8 Å². The Bertz CT molecular complexity index is 271. The molecule has 5 nitrogen and oxygen atoms in total. The Labute approximate surface area is 128 Å². The molecule has 1 heterocycles. The second-order valence-electron chi connectivity index (χ2n) is 6.47. The number of rotatable bonds is 9. The van der Waals surface area contributed by atoms with Crippen LogP contribution in [0.4, 0.5) is 0 Å². The van der Waals surface area contributed by atoms with E-state index in [1.807, 2.05) is 0 Å². The molecule has 124 valence electrons. The van der Waals surface area contributed by atoms with Gasteiger partial charge < -0.3 is 25.0 Å². The molecule has 0 radical (unpaired) electrons. The van der Waals surface area contributed by atoms with Crippen molar-refractivity contribution >= 4 is 0 Å². The summed E-state index contributed by atoms with van der Waals surface area (Å²) in [5.41, 5.74) is 0. The molecule has 4 unspecified atom stereocenters. The number of ether oxygens (including phenoxy) is 2. The number of aliphatic hydroxyl groups excluding tert-OH is 2. The van der Waals surface area contributed by atoms with Crippen molar-refractivity contribution < 1.29 is 19.7 Å². The van der Waals surface area contributed by atoms with E-state index in [-0.39, 0.29) is 6.10 Å². The van der Waals surface area contributed by atoms with Crippen LogP contribution < -0.4 is 5.32 Å². The molecule has 0 spiro atoms. The van der Waals surface area contributed by atoms with E-state index in [0.29, 0.717) is 38.2 Å². The van der Waals surface area contributed by atoms with Gasteiger partial charge in [-0.3, -0.25) is 0 Å². The fraction of sp³-hybridized carbons (Fsp3) is 1.00. The van der Waals surface area contributed by atoms with Crippen molar-refractivity contribution in [2.45, 2.75) is 50.7 Å². The van der Waals surface area contributed by atoms with Crippen molar-refractivity contribution in [3.8, 4) is 0 Å². The van der Waals surface area contributed by atoms with Crippen LogP contribution in [0.3, 0.4) is 0 Å². The van der Waals surface area contributed by atoms with Crippen LogP contribution in [-0.4, -0.2) is 61.9 Å². The van der Waals surface area contributed by atoms with Gasteiger partial charge in [-0.2, -0.15) is 0 Å². The molecule has 3 N–H and O–H groups in total. The molecule has 2 aliphatic rings. The second kappa shape index (κ2) is 9.74. The molecule has 2 fully saturated rings. The molecule has 1 aliphatic carbocycles. The Hall–Kier alpha value is -0.200. The molecule has 0 amide bonds. The summed E-state index contributed by atoms with van der Waals surface area (Å²) in [6.45, 7) is 3.52. The first-order valence-electron chi connectivity index (χ1n) is 8.48. The number of hydrogen-bond acceptors (Lipinski definition) is 5. The zero-order valence-electron chi connectivity index (χ0n) is 13.0. The Kier molecular flexibility index (Phi) is 7.96. The highest BCUT2D eigenvalue weighted by Gasteiger charge is 2.24. The Morgan fingerprint density at radius 2 is 1.95 bits per heavy atom. The van der Waals surface area contributed by atoms with Gasteiger partial charge in [0.25, 0.3) is 0 Å². The molecule has 0 aromatic carbocycles. The van der Waals surface area contributed by atoms with Gasteiger partial charge in [-0.1, -0.05) is 12.8 Å². The molecule has 2 rings (SSSR count). The van der Waals surface area contributed by atoms with E-state index in [0.717, 1.165) is 32.4 Å². The van der Waals surface area contributed by atoms with Crippen molar-refractivity contribution in [2.24, 2.45) is 11.8 Å². The van der Waals surface area contributed by atoms with Crippen LogP contribution in [0.1, 0.15) is 38.5 Å². The van der Waals surface area contributed by atoms with E-state index in [1.54, 1.807) is 0 Å². The summed E-state index contributed by atoms with van der Waals surface area (Å²) in [6, 6.07) is 0. The molecule has 0 bridgehead atoms. The zero-order valence-corrected chi connectivity index (χ0v) is 13.0. The summed E-state index contributed by atoms with van der Waals surface area (Å²) >= 11 is 0. The average Bonchev–Trinajstić information content (AvgIpc) is 3.01. The van der Waals surface area contributed by atoms with Crippen molar-refractivity contribution in [1.29, 1.82) is 0 Å². The van der Waals surface area contributed by atoms with Gasteiger partial charge in [-0.15, -0.1) is 0 Å². The fourth-order valence-electron chi connectivity index (χ4n) is 3.40. The van der Waals surface area contributed by atoms with Crippen LogP contribution in [0.5, 0.6) is 0 Å². The molecule has 0 aromatic rings. The van der Waals surface area contributed by atoms with Crippen LogP contribution in [0.2, 0.25) is 0 Å². The summed E-state index contributed by atoms with van der Waals surface area (Å²) in [7, 11) is 0. The molecular formula is C16H31NO4. The van der Waals surface area contributed by atoms with Gasteiger partial charge in [0.2, 0.25) is 0 Å². The zero-order chi connectivity index (χ0) is 14.9. The molecule has 5 heteroatoms. The summed E-state index contributed by atoms with van der Waals surface area (Å²) < 4.78 is 11.0. The van der Waals surface area contributed by atoms with Crippen LogP contribution in [0.15, 0.2) is 0 Å². The van der Waals surface area contributed by atoms with E-state index < -0.39 is 6.10 Å². The smallest absolute Gasteiger partial charge is 0.0897 e. The lowest BCUT2D eigenvalue weighted by atomic mass is 9.79. The van der Waals surface area contributed by atoms with Gasteiger partial charge in [0.15, 0.2) is 0 Å². The van der Waals surface area contributed by atoms with E-state index in [4.69, 9.17) is 9.47 Å². The third-order valence-corrected chi connectivity index (χ3v) is 4.73. The SMILES string of the molecule is OCC1CCCCC1CNCC(O)COCC1CCCO1. The lowest BCUT2D eigenvalue weighted by molar-refractivity contribution is -0.0168. The quantitative estimate of drug-likeness (QED) is 0.591. The highest BCUT2D eigenvalue weighted by atomic mass is 16.5. The summed E-state index contributed by atoms with van der Waals surface area (Å²) in [4.78, 5) is 0. The van der Waals surface area contributed by atoms with Crippen molar-refractivity contribution in [2.75, 3.05) is 39.5 Å². The minimum absolute atomic E-state index is 0.220. The second-order valence-corrected chi connectivity index (χ2v) is 6.47. The topological polar surface area (TPSA) is 71.0 Å². The summed E-state index contributed by atoms with van der Waals surface area (Å²) in [6.07, 6.45) is 6.75. The molecule has 21 heavy (non-hydrogen) atoms. The standard InChI is InChI=1S/C16H31NO4/c18-10-14-5-2-1-4-13(14)8-17-9-15(19)11-20-12-16-6-3-7-21-16/h13-19H,1-12H2. The molecule has 1 saturated carbocycles. The first-order valence-corrected chi connectivity index (χ1v) is 8.48. The average molecular weight is 301 g/mol. The molecule has 1 saturated heterocycles. The highest BCUT2D eigenvalue weighted by molar-refractivity contribution is 4.77. The highest BCUT2D eigenvalue weighted by Crippen LogP contribution is 2.28. The van der Waals surface area contributed by atoms with Crippen LogP contribution in [0.25, 0.3) is 0 Å². The summed E-state index contributed by atoms with van der Waals surface area (Å²) in [5, 5.41) is 22.6. The van der Waals surface area contributed by atoms with Crippen LogP contribution in [-0.2, 0) is 9.47 Å². The van der Waals surface area contributed by atoms with E-state index >= 15 is 0 Å². The van der Waals surface area contributed by atoms with Crippen LogP contribution >= 0.6 is 0 Å². The molecule has 4 atom stereocenters. The maximum absolute atomic E-state index is 9.90. The maximum atomic E-state index is 9.90. The van der Waals surface area contributed by atoms with E-state index in [2.05, 4.69) is 5.32 Å². The Balaban J connectivity index is 1.50. The Morgan fingerprint density at radius 3 is 2.67 bits per heavy atom. The molecule has 1 aliphatic heterocycles. The van der Waals surface area contributed by atoms with E-state index in [9.17, 15) is 10.2 Å².